The van der Waals surface area contributed by atoms with Gasteiger partial charge in [-0.3, -0.25) is 4.98 Å². The van der Waals surface area contributed by atoms with Crippen LogP contribution in [0.2, 0.25) is 0 Å². The summed E-state index contributed by atoms with van der Waals surface area (Å²) >= 11 is 0. The van der Waals surface area contributed by atoms with Gasteiger partial charge in [0, 0.05) is 30.9 Å². The van der Waals surface area contributed by atoms with E-state index in [1.807, 2.05) is 26.8 Å². The van der Waals surface area contributed by atoms with Crippen LogP contribution >= 0.6 is 0 Å². The number of pyridine rings is 1. The fraction of sp³-hybridized carbons (Fsp3) is 0.409. The molecule has 1 saturated heterocycles. The highest BCUT2D eigenvalue weighted by Crippen LogP contribution is 2.24. The van der Waals surface area contributed by atoms with Crippen LogP contribution in [0, 0.1) is 11.3 Å². The van der Waals surface area contributed by atoms with Gasteiger partial charge < -0.3 is 15.0 Å². The van der Waals surface area contributed by atoms with Crippen LogP contribution in [-0.2, 0) is 4.74 Å². The van der Waals surface area contributed by atoms with Gasteiger partial charge in [-0.15, -0.1) is 0 Å². The number of likely N-dealkylation sites (tertiary alicyclic amines) is 1. The number of anilines is 1. The molecule has 0 aliphatic carbocycles. The van der Waals surface area contributed by atoms with Crippen LogP contribution in [0.3, 0.4) is 0 Å². The summed E-state index contributed by atoms with van der Waals surface area (Å²) in [6.07, 6.45) is 8.29. The van der Waals surface area contributed by atoms with E-state index in [2.05, 4.69) is 21.5 Å². The van der Waals surface area contributed by atoms with Gasteiger partial charge in [0.15, 0.2) is 0 Å². The summed E-state index contributed by atoms with van der Waals surface area (Å²) < 4.78 is 7.17. The minimum atomic E-state index is -0.514. The lowest BCUT2D eigenvalue weighted by molar-refractivity contribution is 0.0206. The highest BCUT2D eigenvalue weighted by Gasteiger charge is 2.27. The normalized spacial score (nSPS) is 16.7. The van der Waals surface area contributed by atoms with E-state index >= 15 is 0 Å². The Balaban J connectivity index is 1.49. The summed E-state index contributed by atoms with van der Waals surface area (Å²) in [5.41, 5.74) is 2.39. The zero-order valence-electron chi connectivity index (χ0n) is 17.9. The molecule has 4 rings (SSSR count). The van der Waals surface area contributed by atoms with Crippen molar-refractivity contribution in [3.05, 3.63) is 42.5 Å². The first-order valence-electron chi connectivity index (χ1n) is 10.3. The first-order chi connectivity index (χ1) is 14.8. The van der Waals surface area contributed by atoms with Crippen molar-refractivity contribution in [1.82, 2.24) is 24.5 Å². The maximum Gasteiger partial charge on any atom is 0.410 e. The Labute approximate surface area is 180 Å². The molecule has 1 unspecified atom stereocenters. The standard InChI is InChI=1S/C22H25N7O2/c1-22(2,3)31-21(30)28-8-4-5-16(14-28)26-20-12-24-11-18(27-20)17-10-25-29-13-15(9-23)6-7-19(17)29/h6-7,10-13,16H,4-5,8,14H2,1-3H3,(H,26,27). The SMILES string of the molecule is CC(C)(C)OC(=O)N1CCCC(Nc2cncc(-c3cnn4cc(C#N)ccc34)n2)C1. The maximum atomic E-state index is 12.4. The van der Waals surface area contributed by atoms with Gasteiger partial charge in [-0.25, -0.2) is 14.3 Å². The van der Waals surface area contributed by atoms with Gasteiger partial charge >= 0.3 is 6.09 Å². The van der Waals surface area contributed by atoms with Crippen molar-refractivity contribution in [1.29, 1.82) is 5.26 Å². The summed E-state index contributed by atoms with van der Waals surface area (Å²) in [6.45, 7) is 6.84. The van der Waals surface area contributed by atoms with Crippen LogP contribution in [0.25, 0.3) is 16.8 Å². The van der Waals surface area contributed by atoms with E-state index in [9.17, 15) is 4.79 Å². The molecule has 0 radical (unpaired) electrons. The fourth-order valence-electron chi connectivity index (χ4n) is 3.61. The molecule has 0 aromatic carbocycles. The zero-order valence-corrected chi connectivity index (χ0v) is 17.9. The summed E-state index contributed by atoms with van der Waals surface area (Å²) in [5, 5.41) is 16.8. The molecule has 31 heavy (non-hydrogen) atoms. The number of hydrogen-bond donors (Lipinski definition) is 1. The van der Waals surface area contributed by atoms with Crippen molar-refractivity contribution in [3.63, 3.8) is 0 Å². The first kappa shape index (κ1) is 20.6. The number of aromatic nitrogens is 4. The van der Waals surface area contributed by atoms with Gasteiger partial charge in [0.05, 0.1) is 35.4 Å². The Hall–Kier alpha value is -3.67. The molecule has 9 heteroatoms. The highest BCUT2D eigenvalue weighted by atomic mass is 16.6. The zero-order chi connectivity index (χ0) is 22.0. The number of nitrogens with zero attached hydrogens (tertiary/aromatic N) is 6. The molecule has 3 aromatic heterocycles. The summed E-state index contributed by atoms with van der Waals surface area (Å²) in [6, 6.07) is 5.78. The van der Waals surface area contributed by atoms with Gasteiger partial charge in [0.25, 0.3) is 0 Å². The molecular formula is C22H25N7O2. The number of hydrogen-bond acceptors (Lipinski definition) is 7. The predicted octanol–water partition coefficient (Wildman–Crippen LogP) is 3.47. The number of carbonyl (C=O) groups is 1. The maximum absolute atomic E-state index is 12.4. The Bertz CT molecular complexity index is 1140. The predicted molar refractivity (Wildman–Crippen MR) is 115 cm³/mol. The van der Waals surface area contributed by atoms with Crippen molar-refractivity contribution in [3.8, 4) is 17.3 Å². The number of nitriles is 1. The molecule has 9 nitrogen and oxygen atoms in total. The first-order valence-corrected chi connectivity index (χ1v) is 10.3. The smallest absolute Gasteiger partial charge is 0.410 e. The molecule has 1 aliphatic rings. The molecule has 0 bridgehead atoms. The summed E-state index contributed by atoms with van der Waals surface area (Å²) in [7, 11) is 0. The monoisotopic (exact) mass is 419 g/mol. The lowest BCUT2D eigenvalue weighted by Gasteiger charge is -2.34. The second-order valence-corrected chi connectivity index (χ2v) is 8.62. The number of amides is 1. The molecule has 1 fully saturated rings. The number of ether oxygens (including phenoxy) is 1. The molecule has 160 valence electrons. The van der Waals surface area contributed by atoms with Gasteiger partial charge in [0.1, 0.15) is 17.5 Å². The highest BCUT2D eigenvalue weighted by molar-refractivity contribution is 5.78. The Morgan fingerprint density at radius 2 is 2.13 bits per heavy atom. The van der Waals surface area contributed by atoms with Gasteiger partial charge in [-0.2, -0.15) is 10.4 Å². The van der Waals surface area contributed by atoms with Gasteiger partial charge in [0.2, 0.25) is 0 Å². The molecule has 1 atom stereocenters. The molecule has 1 N–H and O–H groups in total. The number of nitrogens with one attached hydrogen (secondary N) is 1. The van der Waals surface area contributed by atoms with Gasteiger partial charge in [-0.05, 0) is 45.7 Å². The van der Waals surface area contributed by atoms with E-state index in [-0.39, 0.29) is 12.1 Å². The molecule has 0 saturated carbocycles. The summed E-state index contributed by atoms with van der Waals surface area (Å²) in [5.74, 6) is 0.640. The van der Waals surface area contributed by atoms with Crippen molar-refractivity contribution in [2.75, 3.05) is 18.4 Å². The lowest BCUT2D eigenvalue weighted by atomic mass is 10.1. The molecule has 3 aromatic rings. The van der Waals surface area contributed by atoms with Crippen LogP contribution < -0.4 is 5.32 Å². The fourth-order valence-corrected chi connectivity index (χ4v) is 3.61. The summed E-state index contributed by atoms with van der Waals surface area (Å²) in [4.78, 5) is 23.2. The van der Waals surface area contributed by atoms with E-state index in [0.717, 1.165) is 23.9 Å². The number of piperidine rings is 1. The molecule has 1 amide bonds. The topological polar surface area (TPSA) is 108 Å². The molecule has 1 aliphatic heterocycles. The Morgan fingerprint density at radius 1 is 1.29 bits per heavy atom. The van der Waals surface area contributed by atoms with Crippen molar-refractivity contribution in [2.24, 2.45) is 0 Å². The van der Waals surface area contributed by atoms with Crippen LogP contribution in [0.1, 0.15) is 39.2 Å². The number of rotatable bonds is 3. The second-order valence-electron chi connectivity index (χ2n) is 8.62. The number of carbonyl (C=O) groups excluding carboxylic acids is 1. The minimum Gasteiger partial charge on any atom is -0.444 e. The van der Waals surface area contributed by atoms with Crippen molar-refractivity contribution in [2.45, 2.75) is 45.3 Å². The average Bonchev–Trinajstić information content (AvgIpc) is 3.16. The quantitative estimate of drug-likeness (QED) is 0.692. The third-order valence-corrected chi connectivity index (χ3v) is 4.98. The van der Waals surface area contributed by atoms with Crippen molar-refractivity contribution < 1.29 is 9.53 Å². The number of fused-ring (bicyclic) bond motifs is 1. The molecule has 4 heterocycles. The van der Waals surface area contributed by atoms with Crippen molar-refractivity contribution >= 4 is 17.4 Å². The van der Waals surface area contributed by atoms with E-state index in [1.54, 1.807) is 40.3 Å². The van der Waals surface area contributed by atoms with E-state index < -0.39 is 5.60 Å². The lowest BCUT2D eigenvalue weighted by Crippen LogP contribution is -2.47. The average molecular weight is 419 g/mol. The Morgan fingerprint density at radius 3 is 2.90 bits per heavy atom. The van der Waals surface area contributed by atoms with E-state index in [1.165, 1.54) is 0 Å². The van der Waals surface area contributed by atoms with Crippen LogP contribution in [0.5, 0.6) is 0 Å². The molecule has 0 spiro atoms. The third-order valence-electron chi connectivity index (χ3n) is 4.98. The van der Waals surface area contributed by atoms with Crippen LogP contribution in [0.15, 0.2) is 36.9 Å². The van der Waals surface area contributed by atoms with Gasteiger partial charge in [-0.1, -0.05) is 0 Å². The van der Waals surface area contributed by atoms with Crippen LogP contribution in [-0.4, -0.2) is 55.3 Å². The largest absolute Gasteiger partial charge is 0.444 e. The second kappa shape index (κ2) is 8.22. The molecular weight excluding hydrogens is 394 g/mol. The minimum absolute atomic E-state index is 0.0629. The van der Waals surface area contributed by atoms with Crippen LogP contribution in [0.4, 0.5) is 10.6 Å². The third kappa shape index (κ3) is 4.74. The van der Waals surface area contributed by atoms with E-state index in [4.69, 9.17) is 15.0 Å². The Kier molecular flexibility index (Phi) is 5.46. The van der Waals surface area contributed by atoms with E-state index in [0.29, 0.717) is 30.2 Å².